The smallest absolute Gasteiger partial charge is 0.159 e. The summed E-state index contributed by atoms with van der Waals surface area (Å²) >= 11 is 0. The summed E-state index contributed by atoms with van der Waals surface area (Å²) in [6.45, 7) is 4.63. The molecule has 1 aromatic rings. The van der Waals surface area contributed by atoms with E-state index in [-0.39, 0.29) is 12.4 Å². The molecule has 1 aromatic carbocycles. The molecule has 3 atom stereocenters. The van der Waals surface area contributed by atoms with Crippen LogP contribution in [0.4, 0.5) is 0 Å². The molecule has 0 bridgehead atoms. The summed E-state index contributed by atoms with van der Waals surface area (Å²) in [7, 11) is 0. The van der Waals surface area contributed by atoms with E-state index in [0.29, 0.717) is 29.8 Å². The highest BCUT2D eigenvalue weighted by Crippen LogP contribution is 2.23. The van der Waals surface area contributed by atoms with Crippen molar-refractivity contribution >= 4 is 5.78 Å². The molecule has 0 radical (unpaired) electrons. The molecule has 0 unspecified atom stereocenters. The highest BCUT2D eigenvalue weighted by atomic mass is 16.5. The van der Waals surface area contributed by atoms with Gasteiger partial charge in [-0.15, -0.1) is 0 Å². The third kappa shape index (κ3) is 5.11. The Kier molecular flexibility index (Phi) is 6.40. The number of nitrogens with one attached hydrogen (secondary N) is 1. The number of carbonyl (C=O) groups is 1. The van der Waals surface area contributed by atoms with Crippen LogP contribution >= 0.6 is 0 Å². The van der Waals surface area contributed by atoms with Crippen molar-refractivity contribution in [2.75, 3.05) is 13.2 Å². The average Bonchev–Trinajstić information content (AvgIpc) is 2.52. The molecule has 2 N–H and O–H groups in total. The van der Waals surface area contributed by atoms with Gasteiger partial charge in [-0.2, -0.15) is 0 Å². The van der Waals surface area contributed by atoms with Crippen LogP contribution in [0.5, 0.6) is 5.75 Å². The van der Waals surface area contributed by atoms with Crippen molar-refractivity contribution < 1.29 is 14.6 Å². The molecular formula is C18H27NO3. The minimum atomic E-state index is -0.526. The lowest BCUT2D eigenvalue weighted by molar-refractivity contribution is 0.0982. The molecule has 0 aliphatic heterocycles. The van der Waals surface area contributed by atoms with Gasteiger partial charge >= 0.3 is 0 Å². The molecule has 1 aliphatic carbocycles. The van der Waals surface area contributed by atoms with E-state index < -0.39 is 6.10 Å². The minimum Gasteiger partial charge on any atom is -0.491 e. The molecule has 4 heteroatoms. The van der Waals surface area contributed by atoms with Gasteiger partial charge in [-0.05, 0) is 49.9 Å². The van der Waals surface area contributed by atoms with Crippen LogP contribution in [0.2, 0.25) is 0 Å². The first-order valence-corrected chi connectivity index (χ1v) is 8.21. The molecule has 22 heavy (non-hydrogen) atoms. The van der Waals surface area contributed by atoms with Gasteiger partial charge in [0.25, 0.3) is 0 Å². The van der Waals surface area contributed by atoms with Gasteiger partial charge in [0, 0.05) is 18.2 Å². The molecule has 0 heterocycles. The number of ketones is 1. The van der Waals surface area contributed by atoms with Gasteiger partial charge in [0.1, 0.15) is 18.5 Å². The summed E-state index contributed by atoms with van der Waals surface area (Å²) in [6.07, 6.45) is 4.54. The van der Waals surface area contributed by atoms with Crippen LogP contribution < -0.4 is 10.1 Å². The highest BCUT2D eigenvalue weighted by Gasteiger charge is 2.21. The van der Waals surface area contributed by atoms with E-state index in [1.165, 1.54) is 32.6 Å². The van der Waals surface area contributed by atoms with Crippen LogP contribution in [0.25, 0.3) is 0 Å². The Morgan fingerprint density at radius 1 is 1.32 bits per heavy atom. The largest absolute Gasteiger partial charge is 0.491 e. The van der Waals surface area contributed by atoms with Crippen LogP contribution in [0.15, 0.2) is 24.3 Å². The molecule has 1 fully saturated rings. The van der Waals surface area contributed by atoms with E-state index in [9.17, 15) is 9.90 Å². The Morgan fingerprint density at radius 3 is 2.64 bits per heavy atom. The number of ether oxygens (including phenoxy) is 1. The van der Waals surface area contributed by atoms with Gasteiger partial charge in [-0.25, -0.2) is 0 Å². The fraction of sp³-hybridized carbons (Fsp3) is 0.611. The van der Waals surface area contributed by atoms with Crippen molar-refractivity contribution in [3.05, 3.63) is 29.8 Å². The summed E-state index contributed by atoms with van der Waals surface area (Å²) in [5.74, 6) is 1.40. The maximum atomic E-state index is 11.2. The third-order valence-electron chi connectivity index (χ3n) is 4.43. The Morgan fingerprint density at radius 2 is 2.00 bits per heavy atom. The molecule has 0 amide bonds. The molecule has 1 saturated carbocycles. The summed E-state index contributed by atoms with van der Waals surface area (Å²) in [6, 6.07) is 7.52. The zero-order chi connectivity index (χ0) is 15.9. The summed E-state index contributed by atoms with van der Waals surface area (Å²) in [5, 5.41) is 13.5. The Balaban J connectivity index is 1.70. The second kappa shape index (κ2) is 8.30. The number of rotatable bonds is 7. The van der Waals surface area contributed by atoms with E-state index in [0.717, 1.165) is 0 Å². The lowest BCUT2D eigenvalue weighted by Crippen LogP contribution is -2.42. The van der Waals surface area contributed by atoms with Crippen molar-refractivity contribution in [3.63, 3.8) is 0 Å². The van der Waals surface area contributed by atoms with Crippen LogP contribution in [0, 0.1) is 5.92 Å². The fourth-order valence-electron chi connectivity index (χ4n) is 2.94. The zero-order valence-corrected chi connectivity index (χ0v) is 13.5. The van der Waals surface area contributed by atoms with E-state index in [1.807, 2.05) is 0 Å². The molecule has 4 nitrogen and oxygen atoms in total. The van der Waals surface area contributed by atoms with Gasteiger partial charge in [0.15, 0.2) is 5.78 Å². The molecule has 122 valence electrons. The SMILES string of the molecule is CC(=O)c1ccc(OC[C@H](O)CN[C@@H]2CCCC[C@@H]2C)cc1. The van der Waals surface area contributed by atoms with Crippen molar-refractivity contribution in [3.8, 4) is 5.75 Å². The molecule has 1 aliphatic rings. The first-order valence-electron chi connectivity index (χ1n) is 8.21. The van der Waals surface area contributed by atoms with Gasteiger partial charge in [0.2, 0.25) is 0 Å². The van der Waals surface area contributed by atoms with E-state index in [2.05, 4.69) is 12.2 Å². The Bertz CT molecular complexity index is 472. The summed E-state index contributed by atoms with van der Waals surface area (Å²) < 4.78 is 5.57. The van der Waals surface area contributed by atoms with E-state index in [1.54, 1.807) is 24.3 Å². The summed E-state index contributed by atoms with van der Waals surface area (Å²) in [4.78, 5) is 11.2. The van der Waals surface area contributed by atoms with Crippen molar-refractivity contribution in [1.82, 2.24) is 5.32 Å². The van der Waals surface area contributed by atoms with Crippen molar-refractivity contribution in [2.24, 2.45) is 5.92 Å². The van der Waals surface area contributed by atoms with Gasteiger partial charge in [-0.1, -0.05) is 19.8 Å². The fourth-order valence-corrected chi connectivity index (χ4v) is 2.94. The average molecular weight is 305 g/mol. The number of benzene rings is 1. The number of Topliss-reactive ketones (excluding diaryl/α,β-unsaturated/α-hetero) is 1. The van der Waals surface area contributed by atoms with Gasteiger partial charge in [0.05, 0.1) is 0 Å². The monoisotopic (exact) mass is 305 g/mol. The number of carbonyl (C=O) groups excluding carboxylic acids is 1. The number of aliphatic hydroxyl groups excluding tert-OH is 1. The molecule has 0 spiro atoms. The Hall–Kier alpha value is -1.39. The topological polar surface area (TPSA) is 58.6 Å². The number of aliphatic hydroxyl groups is 1. The van der Waals surface area contributed by atoms with E-state index in [4.69, 9.17) is 4.74 Å². The van der Waals surface area contributed by atoms with E-state index >= 15 is 0 Å². The second-order valence-electron chi connectivity index (χ2n) is 6.32. The number of hydrogen-bond acceptors (Lipinski definition) is 4. The maximum Gasteiger partial charge on any atom is 0.159 e. The second-order valence-corrected chi connectivity index (χ2v) is 6.32. The zero-order valence-electron chi connectivity index (χ0n) is 13.5. The highest BCUT2D eigenvalue weighted by molar-refractivity contribution is 5.94. The molecule has 2 rings (SSSR count). The first kappa shape index (κ1) is 17.0. The van der Waals surface area contributed by atoms with Gasteiger partial charge in [-0.3, -0.25) is 4.79 Å². The molecular weight excluding hydrogens is 278 g/mol. The number of hydrogen-bond donors (Lipinski definition) is 2. The van der Waals surface area contributed by atoms with Gasteiger partial charge < -0.3 is 15.2 Å². The minimum absolute atomic E-state index is 0.0392. The Labute approximate surface area is 132 Å². The van der Waals surface area contributed by atoms with Crippen LogP contribution in [0.1, 0.15) is 49.9 Å². The van der Waals surface area contributed by atoms with Crippen LogP contribution in [-0.2, 0) is 0 Å². The lowest BCUT2D eigenvalue weighted by atomic mass is 9.86. The maximum absolute atomic E-state index is 11.2. The predicted octanol–water partition coefficient (Wildman–Crippen LogP) is 2.80. The van der Waals surface area contributed by atoms with Crippen molar-refractivity contribution in [2.45, 2.75) is 51.7 Å². The summed E-state index contributed by atoms with van der Waals surface area (Å²) in [5.41, 5.74) is 0.667. The van der Waals surface area contributed by atoms with Crippen LogP contribution in [0.3, 0.4) is 0 Å². The quantitative estimate of drug-likeness (QED) is 0.761. The van der Waals surface area contributed by atoms with Crippen molar-refractivity contribution in [1.29, 1.82) is 0 Å². The normalized spacial score (nSPS) is 23.0. The van der Waals surface area contributed by atoms with Crippen LogP contribution in [-0.4, -0.2) is 36.2 Å². The predicted molar refractivity (Wildman–Crippen MR) is 87.4 cm³/mol. The standard InChI is InChI=1S/C18H27NO3/c1-13-5-3-4-6-18(13)19-11-16(21)12-22-17-9-7-15(8-10-17)14(2)20/h7-10,13,16,18-19,21H,3-6,11-12H2,1-2H3/t13-,16+,18+/m0/s1. The molecule has 0 aromatic heterocycles. The third-order valence-corrected chi connectivity index (χ3v) is 4.43. The first-order chi connectivity index (χ1) is 10.6. The lowest BCUT2D eigenvalue weighted by Gasteiger charge is -2.30. The molecule has 0 saturated heterocycles.